The summed E-state index contributed by atoms with van der Waals surface area (Å²) >= 11 is 0. The molecular weight excluding hydrogens is 313 g/mol. The highest BCUT2D eigenvalue weighted by molar-refractivity contribution is 6.10. The molecule has 0 aliphatic carbocycles. The molecule has 0 unspecified atom stereocenters. The fraction of sp³-hybridized carbons (Fsp3) is 0.0588. The lowest BCUT2D eigenvalue weighted by Crippen LogP contribution is -2.14. The second kappa shape index (κ2) is 7.15. The van der Waals surface area contributed by atoms with E-state index < -0.39 is 16.6 Å². The Kier molecular flexibility index (Phi) is 5.02. The molecule has 2 aromatic rings. The Bertz CT molecular complexity index is 868. The number of nitrogens with one attached hydrogen (secondary N) is 1. The van der Waals surface area contributed by atoms with E-state index in [4.69, 9.17) is 5.26 Å². The Labute approximate surface area is 137 Å². The van der Waals surface area contributed by atoms with Crippen LogP contribution >= 0.6 is 0 Å². The number of carbonyl (C=O) groups is 1. The van der Waals surface area contributed by atoms with E-state index in [0.717, 1.165) is 0 Å². The van der Waals surface area contributed by atoms with Crippen molar-refractivity contribution < 1.29 is 14.1 Å². The average molecular weight is 325 g/mol. The molecule has 0 bridgehead atoms. The van der Waals surface area contributed by atoms with E-state index >= 15 is 0 Å². The van der Waals surface area contributed by atoms with E-state index in [1.807, 2.05) is 0 Å². The van der Waals surface area contributed by atoms with Gasteiger partial charge in [-0.15, -0.1) is 0 Å². The standard InChI is InChI=1S/C17H12FN3O3/c1-11-8-15(21(23)24)6-7-16(11)20-17(22)13(10-19)9-12-2-4-14(18)5-3-12/h2-9H,1H3,(H,20,22). The number of rotatable bonds is 4. The van der Waals surface area contributed by atoms with Crippen LogP contribution in [0, 0.1) is 34.2 Å². The van der Waals surface area contributed by atoms with Crippen LogP contribution in [0.5, 0.6) is 0 Å². The van der Waals surface area contributed by atoms with Gasteiger partial charge in [0.05, 0.1) is 4.92 Å². The van der Waals surface area contributed by atoms with Crippen LogP contribution in [-0.4, -0.2) is 10.8 Å². The molecule has 0 radical (unpaired) electrons. The molecule has 2 rings (SSSR count). The van der Waals surface area contributed by atoms with Crippen LogP contribution in [0.4, 0.5) is 15.8 Å². The summed E-state index contributed by atoms with van der Waals surface area (Å²) in [6.07, 6.45) is 1.33. The van der Waals surface area contributed by atoms with Gasteiger partial charge in [0.25, 0.3) is 11.6 Å². The largest absolute Gasteiger partial charge is 0.321 e. The number of nitro groups is 1. The molecule has 1 amide bonds. The van der Waals surface area contributed by atoms with E-state index in [9.17, 15) is 19.3 Å². The smallest absolute Gasteiger partial charge is 0.269 e. The minimum Gasteiger partial charge on any atom is -0.321 e. The van der Waals surface area contributed by atoms with Crippen LogP contribution in [-0.2, 0) is 4.79 Å². The third kappa shape index (κ3) is 4.01. The minimum atomic E-state index is -0.654. The molecule has 0 aliphatic rings. The number of amides is 1. The first kappa shape index (κ1) is 16.8. The van der Waals surface area contributed by atoms with Crippen LogP contribution in [0.3, 0.4) is 0 Å². The van der Waals surface area contributed by atoms with Crippen molar-refractivity contribution in [3.63, 3.8) is 0 Å². The van der Waals surface area contributed by atoms with E-state index in [1.165, 1.54) is 48.5 Å². The topological polar surface area (TPSA) is 96.0 Å². The van der Waals surface area contributed by atoms with Crippen molar-refractivity contribution in [1.29, 1.82) is 5.26 Å². The van der Waals surface area contributed by atoms with Gasteiger partial charge in [0.15, 0.2) is 0 Å². The molecule has 0 saturated carbocycles. The van der Waals surface area contributed by atoms with Crippen molar-refractivity contribution in [3.05, 3.63) is 75.1 Å². The molecule has 0 saturated heterocycles. The molecule has 0 heterocycles. The number of nitriles is 1. The van der Waals surface area contributed by atoms with Crippen molar-refractivity contribution in [2.45, 2.75) is 6.92 Å². The SMILES string of the molecule is Cc1cc([N+](=O)[O-])ccc1NC(=O)C(C#N)=Cc1ccc(F)cc1. The van der Waals surface area contributed by atoms with Gasteiger partial charge < -0.3 is 5.32 Å². The summed E-state index contributed by atoms with van der Waals surface area (Å²) in [7, 11) is 0. The lowest BCUT2D eigenvalue weighted by atomic mass is 10.1. The van der Waals surface area contributed by atoms with Gasteiger partial charge in [-0.2, -0.15) is 5.26 Å². The van der Waals surface area contributed by atoms with Crippen molar-refractivity contribution in [1.82, 2.24) is 0 Å². The molecular formula is C17H12FN3O3. The quantitative estimate of drug-likeness (QED) is 0.402. The number of aryl methyl sites for hydroxylation is 1. The number of carbonyl (C=O) groups excluding carboxylic acids is 1. The summed E-state index contributed by atoms with van der Waals surface area (Å²) < 4.78 is 12.9. The molecule has 7 heteroatoms. The van der Waals surface area contributed by atoms with E-state index in [2.05, 4.69) is 5.32 Å². The zero-order chi connectivity index (χ0) is 17.7. The van der Waals surface area contributed by atoms with Gasteiger partial charge in [0, 0.05) is 17.8 Å². The van der Waals surface area contributed by atoms with Gasteiger partial charge in [-0.1, -0.05) is 12.1 Å². The van der Waals surface area contributed by atoms with E-state index in [0.29, 0.717) is 16.8 Å². The van der Waals surface area contributed by atoms with Crippen LogP contribution in [0.25, 0.3) is 6.08 Å². The van der Waals surface area contributed by atoms with E-state index in [-0.39, 0.29) is 11.3 Å². The fourth-order valence-corrected chi connectivity index (χ4v) is 1.97. The number of benzene rings is 2. The molecule has 0 spiro atoms. The molecule has 0 aliphatic heterocycles. The Balaban J connectivity index is 2.22. The maximum Gasteiger partial charge on any atom is 0.269 e. The number of hydrogen-bond donors (Lipinski definition) is 1. The number of nitro benzene ring substituents is 1. The predicted molar refractivity (Wildman–Crippen MR) is 86.5 cm³/mol. The van der Waals surface area contributed by atoms with Crippen LogP contribution in [0.2, 0.25) is 0 Å². The van der Waals surface area contributed by atoms with Crippen molar-refractivity contribution in [2.75, 3.05) is 5.32 Å². The Morgan fingerprint density at radius 2 is 1.96 bits per heavy atom. The third-order valence-electron chi connectivity index (χ3n) is 3.22. The Hall–Kier alpha value is -3.53. The second-order valence-electron chi connectivity index (χ2n) is 4.93. The van der Waals surface area contributed by atoms with Gasteiger partial charge in [-0.05, 0) is 42.3 Å². The molecule has 1 N–H and O–H groups in total. The summed E-state index contributed by atoms with van der Waals surface area (Å²) in [6, 6.07) is 11.1. The van der Waals surface area contributed by atoms with Crippen LogP contribution in [0.1, 0.15) is 11.1 Å². The number of hydrogen-bond acceptors (Lipinski definition) is 4. The average Bonchev–Trinajstić information content (AvgIpc) is 2.55. The summed E-state index contributed by atoms with van der Waals surface area (Å²) in [4.78, 5) is 22.3. The highest BCUT2D eigenvalue weighted by Crippen LogP contribution is 2.22. The molecule has 24 heavy (non-hydrogen) atoms. The first-order chi connectivity index (χ1) is 11.4. The van der Waals surface area contributed by atoms with Gasteiger partial charge >= 0.3 is 0 Å². The Morgan fingerprint density at radius 1 is 1.29 bits per heavy atom. The second-order valence-corrected chi connectivity index (χ2v) is 4.93. The normalized spacial score (nSPS) is 10.8. The van der Waals surface area contributed by atoms with Crippen LogP contribution < -0.4 is 5.32 Å². The number of halogens is 1. The molecule has 6 nitrogen and oxygen atoms in total. The van der Waals surface area contributed by atoms with Gasteiger partial charge in [-0.25, -0.2) is 4.39 Å². The van der Waals surface area contributed by atoms with Crippen molar-refractivity contribution in [3.8, 4) is 6.07 Å². The summed E-state index contributed by atoms with van der Waals surface area (Å²) in [6.45, 7) is 1.61. The van der Waals surface area contributed by atoms with Gasteiger partial charge in [0.2, 0.25) is 0 Å². The molecule has 2 aromatic carbocycles. The third-order valence-corrected chi connectivity index (χ3v) is 3.22. The first-order valence-electron chi connectivity index (χ1n) is 6.84. The minimum absolute atomic E-state index is 0.0899. The molecule has 0 atom stereocenters. The monoisotopic (exact) mass is 325 g/mol. The van der Waals surface area contributed by atoms with Gasteiger partial charge in [-0.3, -0.25) is 14.9 Å². The maximum atomic E-state index is 12.9. The Morgan fingerprint density at radius 3 is 2.50 bits per heavy atom. The zero-order valence-corrected chi connectivity index (χ0v) is 12.6. The number of non-ortho nitro benzene ring substituents is 1. The summed E-state index contributed by atoms with van der Waals surface area (Å²) in [5.41, 5.74) is 1.11. The lowest BCUT2D eigenvalue weighted by molar-refractivity contribution is -0.384. The molecule has 120 valence electrons. The predicted octanol–water partition coefficient (Wildman–Crippen LogP) is 3.59. The summed E-state index contributed by atoms with van der Waals surface area (Å²) in [5.74, 6) is -1.07. The molecule has 0 aromatic heterocycles. The maximum absolute atomic E-state index is 12.9. The lowest BCUT2D eigenvalue weighted by Gasteiger charge is -2.07. The number of anilines is 1. The van der Waals surface area contributed by atoms with Crippen LogP contribution in [0.15, 0.2) is 48.0 Å². The van der Waals surface area contributed by atoms with E-state index in [1.54, 1.807) is 13.0 Å². The fourth-order valence-electron chi connectivity index (χ4n) is 1.97. The zero-order valence-electron chi connectivity index (χ0n) is 12.6. The molecule has 0 fully saturated rings. The number of nitrogens with zero attached hydrogens (tertiary/aromatic N) is 2. The van der Waals surface area contributed by atoms with Gasteiger partial charge in [0.1, 0.15) is 17.5 Å². The summed E-state index contributed by atoms with van der Waals surface area (Å²) in [5, 5.41) is 22.4. The van der Waals surface area contributed by atoms with Crippen molar-refractivity contribution >= 4 is 23.4 Å². The first-order valence-corrected chi connectivity index (χ1v) is 6.84. The highest BCUT2D eigenvalue weighted by Gasteiger charge is 2.13. The van der Waals surface area contributed by atoms with Crippen molar-refractivity contribution in [2.24, 2.45) is 0 Å². The highest BCUT2D eigenvalue weighted by atomic mass is 19.1.